The molecule has 0 unspecified atom stereocenters. The van der Waals surface area contributed by atoms with Crippen LogP contribution in [0.1, 0.15) is 30.9 Å². The summed E-state index contributed by atoms with van der Waals surface area (Å²) < 4.78 is 13.5. The van der Waals surface area contributed by atoms with Gasteiger partial charge in [-0.1, -0.05) is 23.2 Å². The van der Waals surface area contributed by atoms with E-state index < -0.39 is 0 Å². The first-order valence-electron chi connectivity index (χ1n) is 7.57. The van der Waals surface area contributed by atoms with Gasteiger partial charge < -0.3 is 0 Å². The highest BCUT2D eigenvalue weighted by atomic mass is 19.1. The lowest BCUT2D eigenvalue weighted by Gasteiger charge is -2.17. The van der Waals surface area contributed by atoms with E-state index in [2.05, 4.69) is 18.1 Å². The van der Waals surface area contributed by atoms with Crippen molar-refractivity contribution in [3.63, 3.8) is 0 Å². The summed E-state index contributed by atoms with van der Waals surface area (Å²) in [5.41, 5.74) is 7.33. The number of halogens is 1. The van der Waals surface area contributed by atoms with Gasteiger partial charge in [-0.05, 0) is 67.2 Å². The molecule has 1 aliphatic carbocycles. The molecule has 0 radical (unpaired) electrons. The van der Waals surface area contributed by atoms with Crippen molar-refractivity contribution in [2.24, 2.45) is 0 Å². The molecule has 0 spiro atoms. The van der Waals surface area contributed by atoms with Crippen LogP contribution in [0, 0.1) is 24.1 Å². The summed E-state index contributed by atoms with van der Waals surface area (Å²) in [4.78, 5) is 0. The van der Waals surface area contributed by atoms with Gasteiger partial charge in [0.1, 0.15) is 5.82 Å². The Balaban J connectivity index is 2.06. The molecule has 0 aromatic heterocycles. The number of hydrogen-bond donors (Lipinski definition) is 0. The van der Waals surface area contributed by atoms with Crippen molar-refractivity contribution >= 4 is 12.8 Å². The molecule has 0 fully saturated rings. The average molecular weight is 289 g/mol. The number of allylic oxidation sites excluding steroid dienone is 6. The first-order valence-corrected chi connectivity index (χ1v) is 7.57. The van der Waals surface area contributed by atoms with E-state index in [0.29, 0.717) is 5.56 Å². The molecule has 1 heterocycles. The van der Waals surface area contributed by atoms with Crippen molar-refractivity contribution in [2.75, 3.05) is 0 Å². The van der Waals surface area contributed by atoms with E-state index in [0.717, 1.165) is 36.8 Å². The smallest absolute Gasteiger partial charge is 0.184 e. The molecule has 2 aliphatic rings. The van der Waals surface area contributed by atoms with E-state index in [9.17, 15) is 9.65 Å². The molecular formula is C19H17BFN. The van der Waals surface area contributed by atoms with Crippen LogP contribution in [0.3, 0.4) is 0 Å². The Morgan fingerprint density at radius 2 is 2.05 bits per heavy atom. The van der Waals surface area contributed by atoms with E-state index in [-0.39, 0.29) is 5.82 Å². The van der Waals surface area contributed by atoms with Crippen LogP contribution >= 0.6 is 0 Å². The third-order valence-electron chi connectivity index (χ3n) is 4.45. The normalized spacial score (nSPS) is 17.5. The van der Waals surface area contributed by atoms with Crippen LogP contribution < -0.4 is 0 Å². The average Bonchev–Trinajstić information content (AvgIpc) is 3.00. The lowest BCUT2D eigenvalue weighted by atomic mass is 9.68. The maximum Gasteiger partial charge on any atom is 0.184 e. The Morgan fingerprint density at radius 3 is 2.77 bits per heavy atom. The molecule has 3 heteroatoms. The molecule has 1 aromatic carbocycles. The highest BCUT2D eigenvalue weighted by Crippen LogP contribution is 2.35. The lowest BCUT2D eigenvalue weighted by molar-refractivity contribution is 0.618. The zero-order valence-electron chi connectivity index (χ0n) is 12.9. The monoisotopic (exact) mass is 289 g/mol. The number of nitrogens with zero attached hydrogens (tertiary/aromatic N) is 1. The van der Waals surface area contributed by atoms with E-state index in [4.69, 9.17) is 0 Å². The first kappa shape index (κ1) is 14.6. The third kappa shape index (κ3) is 2.57. The van der Waals surface area contributed by atoms with Crippen LogP contribution in [0.2, 0.25) is 0 Å². The fourth-order valence-corrected chi connectivity index (χ4v) is 3.08. The van der Waals surface area contributed by atoms with Crippen LogP contribution in [-0.4, -0.2) is 7.28 Å². The SMILES string of the molecule is CC1=C(C#N)C=C(C2=C(c3ccc(F)c(C)c3)BC=C2)CC1. The largest absolute Gasteiger partial charge is 0.207 e. The van der Waals surface area contributed by atoms with Crippen molar-refractivity contribution in [1.29, 1.82) is 5.26 Å². The summed E-state index contributed by atoms with van der Waals surface area (Å²) in [5.74, 6) is 1.97. The van der Waals surface area contributed by atoms with Gasteiger partial charge >= 0.3 is 0 Å². The van der Waals surface area contributed by atoms with Crippen LogP contribution in [-0.2, 0) is 0 Å². The van der Waals surface area contributed by atoms with Crippen LogP contribution in [0.4, 0.5) is 4.39 Å². The zero-order valence-corrected chi connectivity index (χ0v) is 12.9. The summed E-state index contributed by atoms with van der Waals surface area (Å²) in [7, 11) is 0.863. The van der Waals surface area contributed by atoms with Crippen molar-refractivity contribution in [2.45, 2.75) is 26.7 Å². The number of hydrogen-bond acceptors (Lipinski definition) is 1. The van der Waals surface area contributed by atoms with Gasteiger partial charge in [0.2, 0.25) is 0 Å². The second-order valence-corrected chi connectivity index (χ2v) is 5.94. The summed E-state index contributed by atoms with van der Waals surface area (Å²) in [6.07, 6.45) is 6.04. The minimum atomic E-state index is -0.168. The van der Waals surface area contributed by atoms with Gasteiger partial charge in [-0.2, -0.15) is 5.26 Å². The Bertz CT molecular complexity index is 803. The molecule has 3 rings (SSSR count). The summed E-state index contributed by atoms with van der Waals surface area (Å²) in [6, 6.07) is 7.58. The van der Waals surface area contributed by atoms with E-state index in [1.807, 2.05) is 25.1 Å². The molecule has 108 valence electrons. The maximum atomic E-state index is 13.5. The van der Waals surface area contributed by atoms with Gasteiger partial charge in [0.25, 0.3) is 0 Å². The molecule has 0 saturated heterocycles. The van der Waals surface area contributed by atoms with E-state index >= 15 is 0 Å². The van der Waals surface area contributed by atoms with Gasteiger partial charge in [0.15, 0.2) is 7.28 Å². The third-order valence-corrected chi connectivity index (χ3v) is 4.45. The van der Waals surface area contributed by atoms with Gasteiger partial charge in [-0.15, -0.1) is 5.98 Å². The molecule has 0 amide bonds. The molecule has 1 aromatic rings. The Labute approximate surface area is 131 Å². The molecular weight excluding hydrogens is 272 g/mol. The van der Waals surface area contributed by atoms with E-state index in [1.165, 1.54) is 22.7 Å². The van der Waals surface area contributed by atoms with Crippen molar-refractivity contribution in [3.8, 4) is 6.07 Å². The fraction of sp³-hybridized carbons (Fsp3) is 0.211. The van der Waals surface area contributed by atoms with Crippen molar-refractivity contribution in [3.05, 3.63) is 75.6 Å². The Morgan fingerprint density at radius 1 is 1.23 bits per heavy atom. The standard InChI is InChI=1S/C19H17BFN/c1-12-3-4-14(10-16(12)11-22)17-7-8-20-19(17)15-5-6-18(21)13(2)9-15/h5-10,20H,3-4H2,1-2H3. The number of rotatable bonds is 2. The van der Waals surface area contributed by atoms with Crippen molar-refractivity contribution in [1.82, 2.24) is 0 Å². The summed E-state index contributed by atoms with van der Waals surface area (Å²) >= 11 is 0. The quantitative estimate of drug-likeness (QED) is 0.742. The lowest BCUT2D eigenvalue weighted by Crippen LogP contribution is -2.01. The van der Waals surface area contributed by atoms with Gasteiger partial charge in [0, 0.05) is 0 Å². The Hall–Kier alpha value is -2.34. The summed E-state index contributed by atoms with van der Waals surface area (Å²) in [6.45, 7) is 3.82. The van der Waals surface area contributed by atoms with Gasteiger partial charge in [0.05, 0.1) is 11.6 Å². The van der Waals surface area contributed by atoms with E-state index in [1.54, 1.807) is 6.92 Å². The highest BCUT2D eigenvalue weighted by molar-refractivity contribution is 6.67. The Kier molecular flexibility index (Phi) is 3.85. The molecule has 0 bridgehead atoms. The van der Waals surface area contributed by atoms with Crippen LogP contribution in [0.25, 0.3) is 5.47 Å². The number of benzene rings is 1. The topological polar surface area (TPSA) is 23.8 Å². The maximum absolute atomic E-state index is 13.5. The first-order chi connectivity index (χ1) is 10.6. The summed E-state index contributed by atoms with van der Waals surface area (Å²) in [5, 5.41) is 9.24. The number of nitriles is 1. The molecule has 0 N–H and O–H groups in total. The molecule has 22 heavy (non-hydrogen) atoms. The molecule has 0 atom stereocenters. The number of aryl methyl sites for hydroxylation is 1. The zero-order chi connectivity index (χ0) is 15.7. The van der Waals surface area contributed by atoms with Crippen molar-refractivity contribution < 1.29 is 4.39 Å². The second-order valence-electron chi connectivity index (χ2n) is 5.94. The minimum Gasteiger partial charge on any atom is -0.207 e. The van der Waals surface area contributed by atoms with Gasteiger partial charge in [-0.3, -0.25) is 0 Å². The minimum absolute atomic E-state index is 0.168. The predicted molar refractivity (Wildman–Crippen MR) is 90.0 cm³/mol. The molecule has 0 saturated carbocycles. The van der Waals surface area contributed by atoms with Crippen LogP contribution in [0.15, 0.2) is 58.6 Å². The fourth-order valence-electron chi connectivity index (χ4n) is 3.08. The molecule has 1 aliphatic heterocycles. The second kappa shape index (κ2) is 5.81. The highest BCUT2D eigenvalue weighted by Gasteiger charge is 2.19. The predicted octanol–water partition coefficient (Wildman–Crippen LogP) is 4.37. The van der Waals surface area contributed by atoms with Gasteiger partial charge in [-0.25, -0.2) is 4.39 Å². The molecule has 1 nitrogen and oxygen atoms in total. The van der Waals surface area contributed by atoms with Crippen LogP contribution in [0.5, 0.6) is 0 Å².